The summed E-state index contributed by atoms with van der Waals surface area (Å²) in [6.45, 7) is 4.34. The van der Waals surface area contributed by atoms with Crippen molar-refractivity contribution in [3.8, 4) is 0 Å². The first-order valence-corrected chi connectivity index (χ1v) is 6.01. The van der Waals surface area contributed by atoms with Crippen molar-refractivity contribution in [3.05, 3.63) is 24.3 Å². The number of nitrogens with two attached hydrogens (primary N) is 1. The molecule has 17 heavy (non-hydrogen) atoms. The fraction of sp³-hybridized carbons (Fsp3) is 0.667. The number of likely N-dealkylation sites (N-methyl/N-ethyl adjacent to an activating group) is 1. The molecule has 1 rings (SSSR count). The quantitative estimate of drug-likeness (QED) is 0.573. The van der Waals surface area contributed by atoms with Crippen molar-refractivity contribution in [2.45, 2.75) is 38.3 Å². The number of aromatic nitrogens is 2. The third kappa shape index (κ3) is 2.62. The minimum absolute atomic E-state index is 0.0267. The highest BCUT2D eigenvalue weighted by molar-refractivity contribution is 5.11. The molecule has 5 nitrogen and oxygen atoms in total. The number of hydrogen-bond donors (Lipinski definition) is 2. The Bertz CT molecular complexity index is 321. The molecule has 0 fully saturated rings. The molecule has 96 valence electrons. The summed E-state index contributed by atoms with van der Waals surface area (Å²) < 4.78 is 0. The van der Waals surface area contributed by atoms with E-state index in [2.05, 4.69) is 48.2 Å². The molecule has 0 aromatic carbocycles. The predicted molar refractivity (Wildman–Crippen MR) is 69.1 cm³/mol. The monoisotopic (exact) mass is 237 g/mol. The fourth-order valence-corrected chi connectivity index (χ4v) is 2.52. The van der Waals surface area contributed by atoms with Crippen LogP contribution in [0, 0.1) is 0 Å². The highest BCUT2D eigenvalue weighted by Gasteiger charge is 2.39. The lowest BCUT2D eigenvalue weighted by Crippen LogP contribution is -2.55. The zero-order valence-electron chi connectivity index (χ0n) is 11.1. The first kappa shape index (κ1) is 14.0. The van der Waals surface area contributed by atoms with Gasteiger partial charge in [-0.2, -0.15) is 0 Å². The Morgan fingerprint density at radius 2 is 2.00 bits per heavy atom. The van der Waals surface area contributed by atoms with E-state index in [4.69, 9.17) is 5.84 Å². The standard InChI is InChI=1S/C12H23N5/c1-5-12(6-2,17(3)4)11(16-13)10-9-14-7-8-15-10/h7-9,11,16H,5-6,13H2,1-4H3. The second-order valence-corrected chi connectivity index (χ2v) is 4.44. The third-order valence-corrected chi connectivity index (χ3v) is 3.70. The van der Waals surface area contributed by atoms with Crippen LogP contribution in [0.1, 0.15) is 38.4 Å². The van der Waals surface area contributed by atoms with Crippen molar-refractivity contribution in [2.75, 3.05) is 14.1 Å². The number of hydrogen-bond acceptors (Lipinski definition) is 5. The van der Waals surface area contributed by atoms with Gasteiger partial charge in [-0.05, 0) is 26.9 Å². The van der Waals surface area contributed by atoms with Gasteiger partial charge in [-0.25, -0.2) is 5.43 Å². The summed E-state index contributed by atoms with van der Waals surface area (Å²) >= 11 is 0. The van der Waals surface area contributed by atoms with Gasteiger partial charge in [0, 0.05) is 17.9 Å². The first-order valence-electron chi connectivity index (χ1n) is 6.01. The van der Waals surface area contributed by atoms with Crippen molar-refractivity contribution < 1.29 is 0 Å². The average Bonchev–Trinajstić information content (AvgIpc) is 2.36. The van der Waals surface area contributed by atoms with Crippen LogP contribution in [0.2, 0.25) is 0 Å². The Kier molecular flexibility index (Phi) is 4.99. The molecule has 0 radical (unpaired) electrons. The topological polar surface area (TPSA) is 67.1 Å². The van der Waals surface area contributed by atoms with Crippen LogP contribution >= 0.6 is 0 Å². The summed E-state index contributed by atoms with van der Waals surface area (Å²) in [6.07, 6.45) is 7.12. The Morgan fingerprint density at radius 1 is 1.35 bits per heavy atom. The van der Waals surface area contributed by atoms with Crippen molar-refractivity contribution in [2.24, 2.45) is 5.84 Å². The van der Waals surface area contributed by atoms with Gasteiger partial charge in [0.2, 0.25) is 0 Å². The summed E-state index contributed by atoms with van der Waals surface area (Å²) in [5, 5.41) is 0. The maximum atomic E-state index is 5.74. The second kappa shape index (κ2) is 6.05. The normalized spacial score (nSPS) is 14.0. The maximum absolute atomic E-state index is 5.74. The van der Waals surface area contributed by atoms with E-state index in [9.17, 15) is 0 Å². The van der Waals surface area contributed by atoms with Crippen LogP contribution in [0.5, 0.6) is 0 Å². The number of hydrazine groups is 1. The lowest BCUT2D eigenvalue weighted by molar-refractivity contribution is 0.0861. The van der Waals surface area contributed by atoms with E-state index in [1.165, 1.54) is 0 Å². The molecule has 5 heteroatoms. The van der Waals surface area contributed by atoms with Crippen LogP contribution in [0.4, 0.5) is 0 Å². The van der Waals surface area contributed by atoms with E-state index in [-0.39, 0.29) is 11.6 Å². The van der Waals surface area contributed by atoms with Crippen molar-refractivity contribution in [1.29, 1.82) is 0 Å². The molecule has 0 amide bonds. The van der Waals surface area contributed by atoms with E-state index >= 15 is 0 Å². The molecule has 0 saturated carbocycles. The SMILES string of the molecule is CCC(CC)(C(NN)c1cnccn1)N(C)C. The largest absolute Gasteiger partial charge is 0.302 e. The second-order valence-electron chi connectivity index (χ2n) is 4.44. The summed E-state index contributed by atoms with van der Waals surface area (Å²) in [4.78, 5) is 10.7. The van der Waals surface area contributed by atoms with E-state index in [0.29, 0.717) is 0 Å². The molecule has 1 aromatic heterocycles. The number of nitrogens with zero attached hydrogens (tertiary/aromatic N) is 3. The van der Waals surface area contributed by atoms with Crippen LogP contribution in [0.25, 0.3) is 0 Å². The van der Waals surface area contributed by atoms with Crippen LogP contribution in [-0.2, 0) is 0 Å². The van der Waals surface area contributed by atoms with Crippen molar-refractivity contribution in [1.82, 2.24) is 20.3 Å². The molecule has 0 aliphatic carbocycles. The van der Waals surface area contributed by atoms with Crippen LogP contribution in [0.3, 0.4) is 0 Å². The Balaban J connectivity index is 3.14. The molecule has 0 spiro atoms. The number of nitrogens with one attached hydrogen (secondary N) is 1. The Morgan fingerprint density at radius 3 is 2.35 bits per heavy atom. The molecule has 1 heterocycles. The molecule has 1 unspecified atom stereocenters. The maximum Gasteiger partial charge on any atom is 0.0830 e. The fourth-order valence-electron chi connectivity index (χ4n) is 2.52. The lowest BCUT2D eigenvalue weighted by Gasteiger charge is -2.44. The highest BCUT2D eigenvalue weighted by atomic mass is 15.3. The van der Waals surface area contributed by atoms with E-state index in [1.807, 2.05) is 0 Å². The van der Waals surface area contributed by atoms with Gasteiger partial charge >= 0.3 is 0 Å². The molecule has 0 saturated heterocycles. The molecule has 1 aromatic rings. The van der Waals surface area contributed by atoms with Crippen molar-refractivity contribution in [3.63, 3.8) is 0 Å². The predicted octanol–water partition coefficient (Wildman–Crippen LogP) is 1.10. The van der Waals surface area contributed by atoms with Gasteiger partial charge in [0.1, 0.15) is 0 Å². The molecule has 3 N–H and O–H groups in total. The third-order valence-electron chi connectivity index (χ3n) is 3.70. The molecule has 0 aliphatic heterocycles. The summed E-state index contributed by atoms with van der Waals surface area (Å²) in [7, 11) is 4.15. The van der Waals surface area contributed by atoms with Crippen LogP contribution in [-0.4, -0.2) is 34.5 Å². The molecular weight excluding hydrogens is 214 g/mol. The van der Waals surface area contributed by atoms with Crippen LogP contribution in [0.15, 0.2) is 18.6 Å². The highest BCUT2D eigenvalue weighted by Crippen LogP contribution is 2.34. The Labute approximate surface area is 103 Å². The zero-order valence-corrected chi connectivity index (χ0v) is 11.1. The summed E-state index contributed by atoms with van der Waals surface area (Å²) in [6, 6.07) is -0.0267. The van der Waals surface area contributed by atoms with E-state index in [1.54, 1.807) is 18.6 Å². The molecule has 0 bridgehead atoms. The first-order chi connectivity index (χ1) is 8.12. The van der Waals surface area contributed by atoms with Gasteiger partial charge in [-0.1, -0.05) is 13.8 Å². The van der Waals surface area contributed by atoms with E-state index < -0.39 is 0 Å². The Hall–Kier alpha value is -1.04. The average molecular weight is 237 g/mol. The van der Waals surface area contributed by atoms with Crippen LogP contribution < -0.4 is 11.3 Å². The summed E-state index contributed by atoms with van der Waals surface area (Å²) in [5.41, 5.74) is 3.73. The smallest absolute Gasteiger partial charge is 0.0830 e. The van der Waals surface area contributed by atoms with Gasteiger partial charge in [0.25, 0.3) is 0 Å². The lowest BCUT2D eigenvalue weighted by atomic mass is 9.82. The number of rotatable bonds is 6. The molecule has 1 atom stereocenters. The van der Waals surface area contributed by atoms with Gasteiger partial charge in [0.15, 0.2) is 0 Å². The summed E-state index contributed by atoms with van der Waals surface area (Å²) in [5.74, 6) is 5.74. The van der Waals surface area contributed by atoms with E-state index in [0.717, 1.165) is 18.5 Å². The molecule has 0 aliphatic rings. The van der Waals surface area contributed by atoms with Gasteiger partial charge < -0.3 is 4.90 Å². The van der Waals surface area contributed by atoms with Gasteiger partial charge in [0.05, 0.1) is 17.9 Å². The van der Waals surface area contributed by atoms with Crippen molar-refractivity contribution >= 4 is 0 Å². The van der Waals surface area contributed by atoms with Gasteiger partial charge in [-0.3, -0.25) is 15.8 Å². The zero-order chi connectivity index (χ0) is 12.9. The molecular formula is C12H23N5. The van der Waals surface area contributed by atoms with Gasteiger partial charge in [-0.15, -0.1) is 0 Å². The minimum atomic E-state index is -0.0508. The minimum Gasteiger partial charge on any atom is -0.302 e.